The molecular weight excluding hydrogens is 550 g/mol. The van der Waals surface area contributed by atoms with Gasteiger partial charge in [-0.3, -0.25) is 14.9 Å². The Hall–Kier alpha value is -4.00. The lowest BCUT2D eigenvalue weighted by molar-refractivity contribution is -0.152. The molecule has 3 aromatic rings. The van der Waals surface area contributed by atoms with Crippen LogP contribution in [-0.2, 0) is 38.7 Å². The van der Waals surface area contributed by atoms with E-state index in [0.29, 0.717) is 6.42 Å². The van der Waals surface area contributed by atoms with Crippen molar-refractivity contribution in [2.24, 2.45) is 5.92 Å². The van der Waals surface area contributed by atoms with E-state index in [0.717, 1.165) is 60.8 Å². The lowest BCUT2D eigenvalue weighted by Crippen LogP contribution is -2.51. The highest BCUT2D eigenvalue weighted by atomic mass is 16.5. The Labute approximate surface area is 260 Å². The Bertz CT molecular complexity index is 1410. The topological polar surface area (TPSA) is 84.9 Å². The first-order valence-electron chi connectivity index (χ1n) is 15.8. The fourth-order valence-electron chi connectivity index (χ4n) is 6.23. The number of ether oxygens (including phenoxy) is 2. The van der Waals surface area contributed by atoms with E-state index in [-0.39, 0.29) is 38.0 Å². The predicted molar refractivity (Wildman–Crippen MR) is 172 cm³/mol. The highest BCUT2D eigenvalue weighted by Gasteiger charge is 2.39. The standard InChI is InChI=1S/C38H43NO5/c40-35(39-38(22-10-11-23-38)26-36(41)43-27-30-12-4-1-5-13-30)25-34(37(42)44-28-31-14-6-2-7-15-31)24-29-18-20-33(21-19-29)32-16-8-3-9-17-32/h1-2,4-8,12-21,34-35,39-40H,3,9-11,22-28H2. The lowest BCUT2D eigenvalue weighted by atomic mass is 9.90. The Kier molecular flexibility index (Phi) is 11.2. The Morgan fingerprint density at radius 2 is 1.43 bits per heavy atom. The largest absolute Gasteiger partial charge is 0.461 e. The molecule has 1 saturated carbocycles. The molecule has 0 saturated heterocycles. The summed E-state index contributed by atoms with van der Waals surface area (Å²) in [5.41, 5.74) is 4.65. The number of aliphatic hydroxyl groups is 1. The van der Waals surface area contributed by atoms with Gasteiger partial charge in [0.2, 0.25) is 0 Å². The molecule has 5 rings (SSSR count). The normalized spacial score (nSPS) is 17.0. The molecule has 0 radical (unpaired) electrons. The number of esters is 2. The van der Waals surface area contributed by atoms with Gasteiger partial charge in [-0.15, -0.1) is 0 Å². The number of carbonyl (C=O) groups excluding carboxylic acids is 2. The smallest absolute Gasteiger partial charge is 0.309 e. The van der Waals surface area contributed by atoms with E-state index in [1.165, 1.54) is 5.57 Å². The van der Waals surface area contributed by atoms with Crippen molar-refractivity contribution in [3.63, 3.8) is 0 Å². The molecule has 44 heavy (non-hydrogen) atoms. The molecule has 0 heterocycles. The van der Waals surface area contributed by atoms with Crippen molar-refractivity contribution >= 4 is 17.5 Å². The minimum atomic E-state index is -0.985. The summed E-state index contributed by atoms with van der Waals surface area (Å²) in [6.07, 6.45) is 12.0. The van der Waals surface area contributed by atoms with Gasteiger partial charge in [0.05, 0.1) is 12.3 Å². The third-order valence-corrected chi connectivity index (χ3v) is 8.59. The predicted octanol–water partition coefficient (Wildman–Crippen LogP) is 7.07. The Morgan fingerprint density at radius 1 is 0.795 bits per heavy atom. The van der Waals surface area contributed by atoms with Crippen LogP contribution >= 0.6 is 0 Å². The molecule has 2 N–H and O–H groups in total. The molecule has 6 nitrogen and oxygen atoms in total. The monoisotopic (exact) mass is 593 g/mol. The number of rotatable bonds is 14. The average Bonchev–Trinajstić information content (AvgIpc) is 3.51. The first-order chi connectivity index (χ1) is 21.5. The minimum absolute atomic E-state index is 0.171. The summed E-state index contributed by atoms with van der Waals surface area (Å²) in [6.45, 7) is 0.399. The van der Waals surface area contributed by atoms with Crippen LogP contribution < -0.4 is 5.32 Å². The molecule has 2 unspecified atom stereocenters. The summed E-state index contributed by atoms with van der Waals surface area (Å²) in [4.78, 5) is 26.3. The zero-order valence-electron chi connectivity index (χ0n) is 25.3. The zero-order valence-corrected chi connectivity index (χ0v) is 25.3. The van der Waals surface area contributed by atoms with Crippen LogP contribution in [0.25, 0.3) is 5.57 Å². The first-order valence-corrected chi connectivity index (χ1v) is 15.8. The summed E-state index contributed by atoms with van der Waals surface area (Å²) in [5, 5.41) is 14.7. The van der Waals surface area contributed by atoms with Gasteiger partial charge in [0, 0.05) is 12.0 Å². The van der Waals surface area contributed by atoms with E-state index in [1.807, 2.05) is 60.7 Å². The third kappa shape index (κ3) is 9.25. The summed E-state index contributed by atoms with van der Waals surface area (Å²) in [5.74, 6) is -1.21. The van der Waals surface area contributed by atoms with Crippen LogP contribution in [0.4, 0.5) is 0 Å². The van der Waals surface area contributed by atoms with Gasteiger partial charge in [-0.1, -0.05) is 116 Å². The van der Waals surface area contributed by atoms with E-state index >= 15 is 0 Å². The zero-order chi connectivity index (χ0) is 30.6. The van der Waals surface area contributed by atoms with Gasteiger partial charge < -0.3 is 14.6 Å². The molecule has 2 atom stereocenters. The first kappa shape index (κ1) is 31.4. The molecule has 2 aliphatic rings. The second-order valence-corrected chi connectivity index (χ2v) is 12.0. The molecule has 0 bridgehead atoms. The van der Waals surface area contributed by atoms with Crippen molar-refractivity contribution in [3.8, 4) is 0 Å². The second kappa shape index (κ2) is 15.6. The minimum Gasteiger partial charge on any atom is -0.461 e. The maximum absolute atomic E-state index is 13.4. The number of nitrogens with one attached hydrogen (secondary N) is 1. The fraction of sp³-hybridized carbons (Fsp3) is 0.368. The molecule has 3 aromatic carbocycles. The SMILES string of the molecule is O=C(CC1(NC(O)CC(Cc2ccc(C3=CCCC=C3)cc2)C(=O)OCc2ccccc2)CCCC1)OCc1ccccc1. The highest BCUT2D eigenvalue weighted by Crippen LogP contribution is 2.34. The van der Waals surface area contributed by atoms with E-state index in [4.69, 9.17) is 9.47 Å². The van der Waals surface area contributed by atoms with Crippen LogP contribution in [0.5, 0.6) is 0 Å². The van der Waals surface area contributed by atoms with Crippen molar-refractivity contribution < 1.29 is 24.2 Å². The summed E-state index contributed by atoms with van der Waals surface area (Å²) in [6, 6.07) is 27.5. The summed E-state index contributed by atoms with van der Waals surface area (Å²) >= 11 is 0. The van der Waals surface area contributed by atoms with Crippen molar-refractivity contribution in [3.05, 3.63) is 125 Å². The maximum Gasteiger partial charge on any atom is 0.309 e. The molecule has 0 amide bonds. The van der Waals surface area contributed by atoms with Crippen LogP contribution in [0.1, 0.15) is 73.6 Å². The van der Waals surface area contributed by atoms with Crippen LogP contribution in [0.2, 0.25) is 0 Å². The highest BCUT2D eigenvalue weighted by molar-refractivity contribution is 5.75. The summed E-state index contributed by atoms with van der Waals surface area (Å²) < 4.78 is 11.3. The number of benzene rings is 3. The number of carbonyl (C=O) groups is 2. The van der Waals surface area contributed by atoms with Gasteiger partial charge in [-0.25, -0.2) is 0 Å². The third-order valence-electron chi connectivity index (χ3n) is 8.59. The maximum atomic E-state index is 13.4. The van der Waals surface area contributed by atoms with E-state index in [1.54, 1.807) is 0 Å². The van der Waals surface area contributed by atoms with Gasteiger partial charge in [0.1, 0.15) is 19.4 Å². The Balaban J connectivity index is 1.23. The van der Waals surface area contributed by atoms with Crippen LogP contribution in [0.15, 0.2) is 103 Å². The second-order valence-electron chi connectivity index (χ2n) is 12.0. The molecule has 1 fully saturated rings. The van der Waals surface area contributed by atoms with Crippen LogP contribution in [-0.4, -0.2) is 28.8 Å². The van der Waals surface area contributed by atoms with Crippen molar-refractivity contribution in [1.82, 2.24) is 5.32 Å². The number of hydrogen-bond acceptors (Lipinski definition) is 6. The van der Waals surface area contributed by atoms with Crippen molar-refractivity contribution in [2.45, 2.75) is 82.8 Å². The van der Waals surface area contributed by atoms with E-state index in [9.17, 15) is 14.7 Å². The molecule has 2 aliphatic carbocycles. The van der Waals surface area contributed by atoms with E-state index < -0.39 is 17.7 Å². The molecule has 0 aromatic heterocycles. The fourth-order valence-corrected chi connectivity index (χ4v) is 6.23. The molecule has 6 heteroatoms. The lowest BCUT2D eigenvalue weighted by Gasteiger charge is -2.33. The van der Waals surface area contributed by atoms with Crippen molar-refractivity contribution in [2.75, 3.05) is 0 Å². The van der Waals surface area contributed by atoms with Gasteiger partial charge >= 0.3 is 11.9 Å². The summed E-state index contributed by atoms with van der Waals surface area (Å²) in [7, 11) is 0. The quantitative estimate of drug-likeness (QED) is 0.154. The number of hydrogen-bond donors (Lipinski definition) is 2. The average molecular weight is 594 g/mol. The number of aliphatic hydroxyl groups excluding tert-OH is 1. The Morgan fingerprint density at radius 3 is 2.05 bits per heavy atom. The molecule has 0 aliphatic heterocycles. The molecule has 230 valence electrons. The van der Waals surface area contributed by atoms with Gasteiger partial charge in [0.15, 0.2) is 0 Å². The van der Waals surface area contributed by atoms with Gasteiger partial charge in [-0.2, -0.15) is 0 Å². The van der Waals surface area contributed by atoms with Gasteiger partial charge in [-0.05, 0) is 59.9 Å². The van der Waals surface area contributed by atoms with Crippen molar-refractivity contribution in [1.29, 1.82) is 0 Å². The van der Waals surface area contributed by atoms with E-state index in [2.05, 4.69) is 47.8 Å². The molecular formula is C38H43NO5. The van der Waals surface area contributed by atoms with Gasteiger partial charge in [0.25, 0.3) is 0 Å². The number of allylic oxidation sites excluding steroid dienone is 4. The van der Waals surface area contributed by atoms with Crippen LogP contribution in [0.3, 0.4) is 0 Å². The molecule has 0 spiro atoms. The van der Waals surface area contributed by atoms with Crippen LogP contribution in [0, 0.1) is 5.92 Å².